The molecular formula is C20H35NO5. The standard InChI is InChI=1S/C20H35NO5/c1-5-6-7-8-16(22)21-19(13-17(23)24-4)9-11-20(12-10-19)25-14-18(2,3)15-26-20/h5-15H2,1-4H3,(H,21,22). The summed E-state index contributed by atoms with van der Waals surface area (Å²) >= 11 is 0. The normalized spacial score (nSPS) is 23.4. The van der Waals surface area contributed by atoms with E-state index in [0.717, 1.165) is 19.3 Å². The molecule has 1 aliphatic heterocycles. The summed E-state index contributed by atoms with van der Waals surface area (Å²) in [7, 11) is 1.39. The SMILES string of the molecule is CCCCCC(=O)NC1(CC(=O)OC)CCC2(CC1)OCC(C)(C)CO2. The lowest BCUT2D eigenvalue weighted by Gasteiger charge is -2.50. The molecule has 0 aromatic carbocycles. The lowest BCUT2D eigenvalue weighted by molar-refractivity contribution is -0.313. The first-order valence-corrected chi connectivity index (χ1v) is 9.90. The van der Waals surface area contributed by atoms with Crippen molar-refractivity contribution in [1.29, 1.82) is 0 Å². The van der Waals surface area contributed by atoms with Crippen LogP contribution in [0.25, 0.3) is 0 Å². The van der Waals surface area contributed by atoms with E-state index in [2.05, 4.69) is 26.1 Å². The molecular weight excluding hydrogens is 334 g/mol. The van der Waals surface area contributed by atoms with Gasteiger partial charge in [0.05, 0.1) is 32.3 Å². The van der Waals surface area contributed by atoms with E-state index in [9.17, 15) is 9.59 Å². The maximum Gasteiger partial charge on any atom is 0.307 e. The van der Waals surface area contributed by atoms with Crippen LogP contribution in [0.15, 0.2) is 0 Å². The van der Waals surface area contributed by atoms with E-state index in [1.165, 1.54) is 7.11 Å². The number of carbonyl (C=O) groups is 2. The zero-order valence-electron chi connectivity index (χ0n) is 16.8. The molecule has 1 amide bonds. The van der Waals surface area contributed by atoms with Gasteiger partial charge in [0.1, 0.15) is 0 Å². The van der Waals surface area contributed by atoms with Crippen LogP contribution in [0.4, 0.5) is 0 Å². The van der Waals surface area contributed by atoms with Crippen LogP contribution in [0, 0.1) is 5.41 Å². The predicted molar refractivity (Wildman–Crippen MR) is 98.5 cm³/mol. The van der Waals surface area contributed by atoms with Crippen LogP contribution < -0.4 is 5.32 Å². The average Bonchev–Trinajstić information content (AvgIpc) is 2.60. The van der Waals surface area contributed by atoms with Gasteiger partial charge in [-0.2, -0.15) is 0 Å². The fraction of sp³-hybridized carbons (Fsp3) is 0.900. The number of carbonyl (C=O) groups excluding carboxylic acids is 2. The molecule has 26 heavy (non-hydrogen) atoms. The molecule has 1 heterocycles. The highest BCUT2D eigenvalue weighted by molar-refractivity contribution is 5.78. The summed E-state index contributed by atoms with van der Waals surface area (Å²) in [6.45, 7) is 7.70. The molecule has 2 aliphatic rings. The zero-order valence-corrected chi connectivity index (χ0v) is 16.8. The van der Waals surface area contributed by atoms with Gasteiger partial charge in [0.15, 0.2) is 5.79 Å². The Bertz CT molecular complexity index is 482. The molecule has 1 spiro atoms. The number of ether oxygens (including phenoxy) is 3. The Hall–Kier alpha value is -1.14. The highest BCUT2D eigenvalue weighted by Gasteiger charge is 2.49. The molecule has 0 atom stereocenters. The summed E-state index contributed by atoms with van der Waals surface area (Å²) in [5, 5.41) is 3.14. The van der Waals surface area contributed by atoms with Crippen molar-refractivity contribution < 1.29 is 23.8 Å². The molecule has 6 nitrogen and oxygen atoms in total. The van der Waals surface area contributed by atoms with Crippen molar-refractivity contribution >= 4 is 11.9 Å². The Morgan fingerprint density at radius 2 is 1.65 bits per heavy atom. The second kappa shape index (κ2) is 8.70. The minimum atomic E-state index is -0.567. The molecule has 0 bridgehead atoms. The van der Waals surface area contributed by atoms with Crippen LogP contribution in [-0.2, 0) is 23.8 Å². The van der Waals surface area contributed by atoms with Crippen molar-refractivity contribution in [1.82, 2.24) is 5.32 Å². The molecule has 0 aromatic heterocycles. The Labute approximate surface area is 157 Å². The Morgan fingerprint density at radius 1 is 1.04 bits per heavy atom. The van der Waals surface area contributed by atoms with Crippen molar-refractivity contribution in [3.8, 4) is 0 Å². The summed E-state index contributed by atoms with van der Waals surface area (Å²) in [6.07, 6.45) is 6.36. The molecule has 1 N–H and O–H groups in total. The van der Waals surface area contributed by atoms with Crippen LogP contribution >= 0.6 is 0 Å². The van der Waals surface area contributed by atoms with Gasteiger partial charge >= 0.3 is 5.97 Å². The first kappa shape index (κ1) is 21.2. The van der Waals surface area contributed by atoms with E-state index in [4.69, 9.17) is 14.2 Å². The van der Waals surface area contributed by atoms with Gasteiger partial charge in [-0.05, 0) is 19.3 Å². The fourth-order valence-electron chi connectivity index (χ4n) is 3.72. The predicted octanol–water partition coefficient (Wildman–Crippen LogP) is 3.33. The molecule has 150 valence electrons. The van der Waals surface area contributed by atoms with Gasteiger partial charge in [0.25, 0.3) is 0 Å². The average molecular weight is 370 g/mol. The third-order valence-electron chi connectivity index (χ3n) is 5.54. The molecule has 0 unspecified atom stereocenters. The molecule has 2 fully saturated rings. The summed E-state index contributed by atoms with van der Waals surface area (Å²) in [6, 6.07) is 0. The number of hydrogen-bond acceptors (Lipinski definition) is 5. The molecule has 2 rings (SSSR count). The largest absolute Gasteiger partial charge is 0.469 e. The monoisotopic (exact) mass is 369 g/mol. The quantitative estimate of drug-likeness (QED) is 0.550. The summed E-state index contributed by atoms with van der Waals surface area (Å²) < 4.78 is 17.0. The molecule has 6 heteroatoms. The van der Waals surface area contributed by atoms with Crippen molar-refractivity contribution in [3.63, 3.8) is 0 Å². The van der Waals surface area contributed by atoms with E-state index >= 15 is 0 Å². The maximum atomic E-state index is 12.4. The zero-order chi connectivity index (χ0) is 19.3. The van der Waals surface area contributed by atoms with Gasteiger partial charge in [-0.1, -0.05) is 33.6 Å². The van der Waals surface area contributed by atoms with Crippen LogP contribution in [0.1, 0.15) is 78.6 Å². The number of esters is 1. The number of hydrogen-bond donors (Lipinski definition) is 1. The van der Waals surface area contributed by atoms with Crippen LogP contribution in [-0.4, -0.2) is 43.5 Å². The molecule has 0 radical (unpaired) electrons. The van der Waals surface area contributed by atoms with Gasteiger partial charge in [0.2, 0.25) is 5.91 Å². The van der Waals surface area contributed by atoms with Gasteiger partial charge in [-0.3, -0.25) is 9.59 Å². The van der Waals surface area contributed by atoms with Crippen molar-refractivity contribution in [2.75, 3.05) is 20.3 Å². The van der Waals surface area contributed by atoms with Crippen molar-refractivity contribution in [2.45, 2.75) is 89.9 Å². The number of nitrogens with one attached hydrogen (secondary N) is 1. The van der Waals surface area contributed by atoms with E-state index in [1.807, 2.05) is 0 Å². The van der Waals surface area contributed by atoms with E-state index < -0.39 is 11.3 Å². The second-order valence-corrected chi connectivity index (χ2v) is 8.69. The van der Waals surface area contributed by atoms with Crippen molar-refractivity contribution in [2.24, 2.45) is 5.41 Å². The van der Waals surface area contributed by atoms with E-state index in [0.29, 0.717) is 45.3 Å². The number of unbranched alkanes of at least 4 members (excludes halogenated alkanes) is 2. The molecule has 1 saturated carbocycles. The van der Waals surface area contributed by atoms with Crippen LogP contribution in [0.2, 0.25) is 0 Å². The highest BCUT2D eigenvalue weighted by Crippen LogP contribution is 2.43. The van der Waals surface area contributed by atoms with Gasteiger partial charge in [-0.25, -0.2) is 0 Å². The first-order chi connectivity index (χ1) is 12.2. The Kier molecular flexibility index (Phi) is 7.08. The number of methoxy groups -OCH3 is 1. The topological polar surface area (TPSA) is 73.9 Å². The van der Waals surface area contributed by atoms with E-state index in [-0.39, 0.29) is 23.7 Å². The van der Waals surface area contributed by atoms with E-state index in [1.54, 1.807) is 0 Å². The lowest BCUT2D eigenvalue weighted by atomic mass is 9.75. The minimum absolute atomic E-state index is 0.0184. The molecule has 0 aromatic rings. The smallest absolute Gasteiger partial charge is 0.307 e. The Balaban J connectivity index is 1.98. The van der Waals surface area contributed by atoms with Crippen molar-refractivity contribution in [3.05, 3.63) is 0 Å². The van der Waals surface area contributed by atoms with Gasteiger partial charge < -0.3 is 19.5 Å². The van der Waals surface area contributed by atoms with Gasteiger partial charge in [0, 0.05) is 24.7 Å². The number of rotatable bonds is 7. The minimum Gasteiger partial charge on any atom is -0.469 e. The lowest BCUT2D eigenvalue weighted by Crippen LogP contribution is -2.58. The number of amides is 1. The Morgan fingerprint density at radius 3 is 2.19 bits per heavy atom. The maximum absolute atomic E-state index is 12.4. The third-order valence-corrected chi connectivity index (χ3v) is 5.54. The highest BCUT2D eigenvalue weighted by atomic mass is 16.7. The third kappa shape index (κ3) is 5.68. The summed E-state index contributed by atoms with van der Waals surface area (Å²) in [5.41, 5.74) is -0.527. The molecule has 1 saturated heterocycles. The van der Waals surface area contributed by atoms with Crippen LogP contribution in [0.3, 0.4) is 0 Å². The fourth-order valence-corrected chi connectivity index (χ4v) is 3.72. The summed E-state index contributed by atoms with van der Waals surface area (Å²) in [4.78, 5) is 24.3. The second-order valence-electron chi connectivity index (χ2n) is 8.69. The molecule has 1 aliphatic carbocycles. The van der Waals surface area contributed by atoms with Crippen LogP contribution in [0.5, 0.6) is 0 Å². The summed E-state index contributed by atoms with van der Waals surface area (Å²) in [5.74, 6) is -0.839. The first-order valence-electron chi connectivity index (χ1n) is 9.90. The van der Waals surface area contributed by atoms with Gasteiger partial charge in [-0.15, -0.1) is 0 Å².